The first-order chi connectivity index (χ1) is 10.4. The number of fused-ring (bicyclic) bond motifs is 6. The number of benzene rings is 2. The van der Waals surface area contributed by atoms with Crippen LogP contribution >= 0.6 is 0 Å². The summed E-state index contributed by atoms with van der Waals surface area (Å²) in [6.07, 6.45) is 3.54. The van der Waals surface area contributed by atoms with Gasteiger partial charge in [0.15, 0.2) is 0 Å². The lowest BCUT2D eigenvalue weighted by Gasteiger charge is -2.13. The summed E-state index contributed by atoms with van der Waals surface area (Å²) in [5, 5.41) is 3.76. The van der Waals surface area contributed by atoms with Crippen LogP contribution < -0.4 is 0 Å². The summed E-state index contributed by atoms with van der Waals surface area (Å²) < 4.78 is 13.7. The highest BCUT2D eigenvalue weighted by Crippen LogP contribution is 2.35. The zero-order valence-electron chi connectivity index (χ0n) is 12.7. The molecule has 0 amide bonds. The highest BCUT2D eigenvalue weighted by Gasteiger charge is 2.20. The normalized spacial score (nSPS) is 12.5. The number of hydrogen-bond acceptors (Lipinski definition) is 2. The molecule has 0 atom stereocenters. The molecule has 0 aliphatic heterocycles. The monoisotopic (exact) mass is 293 g/mol. The Bertz CT molecular complexity index is 1030. The lowest BCUT2D eigenvalue weighted by molar-refractivity contribution is 0.554. The predicted octanol–water partition coefficient (Wildman–Crippen LogP) is 4.70. The largest absolute Gasteiger partial charge is 0.341 e. The molecule has 0 unspecified atom stereocenters. The number of nitrogens with zero attached hydrogens (tertiary/aromatic N) is 2. The van der Waals surface area contributed by atoms with Crippen molar-refractivity contribution >= 4 is 32.6 Å². The van der Waals surface area contributed by atoms with Crippen LogP contribution in [0.1, 0.15) is 26.6 Å². The smallest absolute Gasteiger partial charge is 0.123 e. The summed E-state index contributed by atoms with van der Waals surface area (Å²) in [4.78, 5) is 12.4. The summed E-state index contributed by atoms with van der Waals surface area (Å²) in [7, 11) is 0. The van der Waals surface area contributed by atoms with Crippen LogP contribution in [-0.4, -0.2) is 15.0 Å². The molecule has 0 radical (unpaired) electrons. The van der Waals surface area contributed by atoms with E-state index in [1.165, 1.54) is 6.07 Å². The third-order valence-corrected chi connectivity index (χ3v) is 4.03. The fraction of sp³-hybridized carbons (Fsp3) is 0.222. The minimum atomic E-state index is -0.247. The van der Waals surface area contributed by atoms with E-state index in [4.69, 9.17) is 4.98 Å². The van der Waals surface area contributed by atoms with Crippen LogP contribution in [0.15, 0.2) is 36.7 Å². The fourth-order valence-corrected chi connectivity index (χ4v) is 2.89. The maximum Gasteiger partial charge on any atom is 0.123 e. The lowest BCUT2D eigenvalue weighted by Crippen LogP contribution is -2.12. The average molecular weight is 293 g/mol. The lowest BCUT2D eigenvalue weighted by atomic mass is 9.96. The Morgan fingerprint density at radius 2 is 1.82 bits per heavy atom. The van der Waals surface area contributed by atoms with E-state index in [2.05, 4.69) is 30.7 Å². The molecule has 22 heavy (non-hydrogen) atoms. The minimum Gasteiger partial charge on any atom is -0.341 e. The summed E-state index contributed by atoms with van der Waals surface area (Å²) >= 11 is 0. The predicted molar refractivity (Wildman–Crippen MR) is 87.6 cm³/mol. The van der Waals surface area contributed by atoms with Crippen LogP contribution in [0.4, 0.5) is 4.39 Å². The van der Waals surface area contributed by atoms with Gasteiger partial charge in [-0.2, -0.15) is 0 Å². The zero-order chi connectivity index (χ0) is 15.5. The SMILES string of the molecule is CC(C)(C)c1nc2c3ccc(F)cc3c3cnccc3c2[nH]1. The van der Waals surface area contributed by atoms with Gasteiger partial charge in [-0.3, -0.25) is 4.98 Å². The first kappa shape index (κ1) is 13.2. The Labute approximate surface area is 127 Å². The molecule has 2 aromatic carbocycles. The molecular formula is C18H16FN3. The summed E-state index contributed by atoms with van der Waals surface area (Å²) in [5.74, 6) is 0.682. The molecule has 2 heterocycles. The van der Waals surface area contributed by atoms with Crippen molar-refractivity contribution in [2.75, 3.05) is 0 Å². The quantitative estimate of drug-likeness (QED) is 0.477. The number of halogens is 1. The van der Waals surface area contributed by atoms with E-state index < -0.39 is 0 Å². The molecule has 0 aliphatic carbocycles. The number of aromatic nitrogens is 3. The van der Waals surface area contributed by atoms with Gasteiger partial charge in [0.25, 0.3) is 0 Å². The fourth-order valence-electron chi connectivity index (χ4n) is 2.89. The molecule has 4 aromatic rings. The van der Waals surface area contributed by atoms with E-state index in [9.17, 15) is 4.39 Å². The molecule has 4 rings (SSSR count). The molecule has 3 nitrogen and oxygen atoms in total. The van der Waals surface area contributed by atoms with Crippen molar-refractivity contribution in [3.05, 3.63) is 48.3 Å². The summed E-state index contributed by atoms with van der Waals surface area (Å²) in [6, 6.07) is 6.79. The molecule has 1 N–H and O–H groups in total. The Morgan fingerprint density at radius 1 is 1.00 bits per heavy atom. The van der Waals surface area contributed by atoms with Gasteiger partial charge >= 0.3 is 0 Å². The number of H-pyrrole nitrogens is 1. The number of hydrogen-bond donors (Lipinski definition) is 1. The van der Waals surface area contributed by atoms with Crippen molar-refractivity contribution in [2.45, 2.75) is 26.2 Å². The molecule has 0 spiro atoms. The van der Waals surface area contributed by atoms with Crippen molar-refractivity contribution in [3.63, 3.8) is 0 Å². The van der Waals surface area contributed by atoms with Crippen LogP contribution in [0, 0.1) is 5.82 Å². The van der Waals surface area contributed by atoms with Crippen molar-refractivity contribution in [1.29, 1.82) is 0 Å². The van der Waals surface area contributed by atoms with Gasteiger partial charge in [-0.05, 0) is 29.7 Å². The van der Waals surface area contributed by atoms with Gasteiger partial charge in [-0.1, -0.05) is 20.8 Å². The van der Waals surface area contributed by atoms with E-state index in [1.54, 1.807) is 24.5 Å². The Balaban J connectivity index is 2.29. The van der Waals surface area contributed by atoms with E-state index >= 15 is 0 Å². The van der Waals surface area contributed by atoms with Crippen molar-refractivity contribution in [3.8, 4) is 0 Å². The maximum atomic E-state index is 13.7. The number of pyridine rings is 1. The highest BCUT2D eigenvalue weighted by molar-refractivity contribution is 6.22. The molecule has 0 saturated heterocycles. The van der Waals surface area contributed by atoms with E-state index in [0.29, 0.717) is 0 Å². The second-order valence-electron chi connectivity index (χ2n) is 6.67. The summed E-state index contributed by atoms with van der Waals surface area (Å²) in [6.45, 7) is 6.36. The zero-order valence-corrected chi connectivity index (χ0v) is 12.7. The molecule has 0 bridgehead atoms. The topological polar surface area (TPSA) is 41.6 Å². The van der Waals surface area contributed by atoms with Gasteiger partial charge in [0.2, 0.25) is 0 Å². The van der Waals surface area contributed by atoms with Gasteiger partial charge in [0.05, 0.1) is 11.0 Å². The number of aromatic amines is 1. The van der Waals surface area contributed by atoms with Gasteiger partial charge in [0, 0.05) is 34.0 Å². The molecule has 0 aliphatic rings. The highest BCUT2D eigenvalue weighted by atomic mass is 19.1. The van der Waals surface area contributed by atoms with Crippen LogP contribution in [0.3, 0.4) is 0 Å². The van der Waals surface area contributed by atoms with Crippen molar-refractivity contribution in [1.82, 2.24) is 15.0 Å². The first-order valence-corrected chi connectivity index (χ1v) is 7.30. The third-order valence-electron chi connectivity index (χ3n) is 4.03. The van der Waals surface area contributed by atoms with Crippen LogP contribution in [-0.2, 0) is 5.41 Å². The molecule has 110 valence electrons. The molecular weight excluding hydrogens is 277 g/mol. The second-order valence-corrected chi connectivity index (χ2v) is 6.67. The number of nitrogens with one attached hydrogen (secondary N) is 1. The van der Waals surface area contributed by atoms with Gasteiger partial charge in [0.1, 0.15) is 11.6 Å². The van der Waals surface area contributed by atoms with E-state index in [0.717, 1.165) is 38.4 Å². The second kappa shape index (κ2) is 4.26. The van der Waals surface area contributed by atoms with Crippen molar-refractivity contribution < 1.29 is 4.39 Å². The first-order valence-electron chi connectivity index (χ1n) is 7.30. The number of imidazole rings is 1. The van der Waals surface area contributed by atoms with Crippen LogP contribution in [0.5, 0.6) is 0 Å². The third kappa shape index (κ3) is 1.80. The van der Waals surface area contributed by atoms with Crippen LogP contribution in [0.25, 0.3) is 32.6 Å². The van der Waals surface area contributed by atoms with Gasteiger partial charge in [-0.15, -0.1) is 0 Å². The standard InChI is InChI=1S/C18H16FN3/c1-18(2,3)17-21-15-11-5-4-10(19)8-13(11)14-9-20-7-6-12(14)16(15)22-17/h4-9H,1-3H3,(H,21,22). The minimum absolute atomic E-state index is 0.0786. The van der Waals surface area contributed by atoms with E-state index in [1.807, 2.05) is 6.07 Å². The number of rotatable bonds is 0. The Morgan fingerprint density at radius 3 is 2.59 bits per heavy atom. The maximum absolute atomic E-state index is 13.7. The Hall–Kier alpha value is -2.49. The molecule has 0 saturated carbocycles. The average Bonchev–Trinajstić information content (AvgIpc) is 2.93. The molecule has 2 aromatic heterocycles. The van der Waals surface area contributed by atoms with E-state index in [-0.39, 0.29) is 11.2 Å². The van der Waals surface area contributed by atoms with Crippen molar-refractivity contribution in [2.24, 2.45) is 0 Å². The Kier molecular flexibility index (Phi) is 2.55. The van der Waals surface area contributed by atoms with Gasteiger partial charge in [-0.25, -0.2) is 9.37 Å². The molecule has 4 heteroatoms. The molecule has 0 fully saturated rings. The summed E-state index contributed by atoms with van der Waals surface area (Å²) in [5.41, 5.74) is 1.80. The van der Waals surface area contributed by atoms with Crippen LogP contribution in [0.2, 0.25) is 0 Å². The van der Waals surface area contributed by atoms with Gasteiger partial charge < -0.3 is 4.98 Å².